The monoisotopic (exact) mass is 271 g/mol. The van der Waals surface area contributed by atoms with Crippen molar-refractivity contribution in [2.45, 2.75) is 25.7 Å². The van der Waals surface area contributed by atoms with Crippen LogP contribution in [0.25, 0.3) is 0 Å². The molecule has 0 bridgehead atoms. The molecule has 1 aromatic heterocycles. The Morgan fingerprint density at radius 2 is 1.30 bits per heavy atom. The number of Topliss-reactive ketones (excluding diaryl/α,β-unsaturated/α-hetero) is 2. The van der Waals surface area contributed by atoms with Gasteiger partial charge in [0.2, 0.25) is 0 Å². The van der Waals surface area contributed by atoms with Gasteiger partial charge in [0.25, 0.3) is 0 Å². The predicted octanol–water partition coefficient (Wildman–Crippen LogP) is 2.22. The molecule has 0 fully saturated rings. The molecule has 20 heavy (non-hydrogen) atoms. The van der Waals surface area contributed by atoms with E-state index in [-0.39, 0.29) is 11.6 Å². The number of aryl methyl sites for hydroxylation is 2. The Hall–Kier alpha value is -2.43. The second-order valence-electron chi connectivity index (χ2n) is 4.94. The third kappa shape index (κ3) is 1.74. The van der Waals surface area contributed by atoms with Gasteiger partial charge in [0.05, 0.1) is 23.9 Å². The van der Waals surface area contributed by atoms with Crippen LogP contribution in [0.4, 0.5) is 0 Å². The molecule has 0 unspecified atom stereocenters. The molecule has 3 rings (SSSR count). The fourth-order valence-electron chi connectivity index (χ4n) is 2.69. The quantitative estimate of drug-likeness (QED) is 0.558. The first-order valence-electron chi connectivity index (χ1n) is 6.44. The second-order valence-corrected chi connectivity index (χ2v) is 4.94. The summed E-state index contributed by atoms with van der Waals surface area (Å²) >= 11 is 0. The maximum atomic E-state index is 12.1. The van der Waals surface area contributed by atoms with E-state index < -0.39 is 0 Å². The van der Waals surface area contributed by atoms with E-state index in [0.29, 0.717) is 59.3 Å². The Kier molecular flexibility index (Phi) is 2.89. The highest BCUT2D eigenvalue weighted by Gasteiger charge is 2.29. The minimum atomic E-state index is -0.281. The van der Waals surface area contributed by atoms with Crippen LogP contribution in [0.2, 0.25) is 0 Å². The summed E-state index contributed by atoms with van der Waals surface area (Å²) in [4.78, 5) is 28.7. The number of allylic oxidation sites excluding steroid dienone is 2. The third-order valence-corrected chi connectivity index (χ3v) is 3.83. The van der Waals surface area contributed by atoms with Gasteiger partial charge in [-0.25, -0.2) is 0 Å². The highest BCUT2D eigenvalue weighted by atomic mass is 16.2. The van der Waals surface area contributed by atoms with E-state index >= 15 is 0 Å². The molecule has 0 aromatic carbocycles. The smallest absolute Gasteiger partial charge is 0.193 e. The van der Waals surface area contributed by atoms with E-state index in [1.165, 1.54) is 0 Å². The molecule has 0 amide bonds. The average Bonchev–Trinajstić information content (AvgIpc) is 2.47. The van der Waals surface area contributed by atoms with Gasteiger partial charge in [-0.1, -0.05) is 0 Å². The van der Waals surface area contributed by atoms with Crippen LogP contribution in [0, 0.1) is 0 Å². The first kappa shape index (κ1) is 12.6. The van der Waals surface area contributed by atoms with Crippen LogP contribution < -0.4 is 0 Å². The lowest BCUT2D eigenvalue weighted by molar-refractivity contribution is 0.102. The Bertz CT molecular complexity index is 630. The molecule has 2 aliphatic carbocycles. The molecule has 0 spiro atoms. The summed E-state index contributed by atoms with van der Waals surface area (Å²) in [5, 5.41) is 18.1. The van der Waals surface area contributed by atoms with Crippen molar-refractivity contribution in [2.24, 2.45) is 0 Å². The number of hydrogen-bond acceptors (Lipinski definition) is 5. The number of ketones is 2. The molecule has 0 aliphatic heterocycles. The van der Waals surface area contributed by atoms with Crippen molar-refractivity contribution in [1.29, 1.82) is 0 Å². The Labute approximate surface area is 115 Å². The number of rotatable bonds is 0. The fourth-order valence-corrected chi connectivity index (χ4v) is 2.69. The molecule has 0 radical (unpaired) electrons. The maximum Gasteiger partial charge on any atom is 0.193 e. The number of carbonyl (C=O) groups is 2. The van der Waals surface area contributed by atoms with Crippen LogP contribution in [-0.4, -0.2) is 26.8 Å². The third-order valence-electron chi connectivity index (χ3n) is 3.83. The lowest BCUT2D eigenvalue weighted by Crippen LogP contribution is -2.22. The highest BCUT2D eigenvalue weighted by molar-refractivity contribution is 6.14. The van der Waals surface area contributed by atoms with Crippen molar-refractivity contribution in [1.82, 2.24) is 4.98 Å². The largest absolute Gasteiger partial charge is 0.515 e. The fraction of sp³-hybridized carbons (Fsp3) is 0.267. The number of aliphatic hydroxyl groups excluding tert-OH is 2. The number of fused-ring (bicyclic) bond motifs is 2. The predicted molar refractivity (Wildman–Crippen MR) is 71.0 cm³/mol. The molecule has 0 atom stereocenters. The molecular weight excluding hydrogens is 258 g/mol. The summed E-state index contributed by atoms with van der Waals surface area (Å²) in [6.45, 7) is 0. The first-order valence-corrected chi connectivity index (χ1v) is 6.44. The number of carbonyl (C=O) groups excluding carboxylic acids is 2. The van der Waals surface area contributed by atoms with Crippen LogP contribution >= 0.6 is 0 Å². The second kappa shape index (κ2) is 4.59. The lowest BCUT2D eigenvalue weighted by atomic mass is 9.85. The average molecular weight is 271 g/mol. The zero-order valence-electron chi connectivity index (χ0n) is 10.7. The molecule has 5 nitrogen and oxygen atoms in total. The zero-order chi connectivity index (χ0) is 14.3. The minimum absolute atomic E-state index is 0.281. The van der Waals surface area contributed by atoms with Crippen LogP contribution in [0.15, 0.2) is 29.7 Å². The molecule has 5 heteroatoms. The van der Waals surface area contributed by atoms with Gasteiger partial charge in [-0.05, 0) is 31.7 Å². The van der Waals surface area contributed by atoms with Gasteiger partial charge in [0.15, 0.2) is 11.6 Å². The molecule has 1 heterocycles. The maximum absolute atomic E-state index is 12.1. The number of hydrogen-bond donors (Lipinski definition) is 2. The Morgan fingerprint density at radius 3 is 1.70 bits per heavy atom. The van der Waals surface area contributed by atoms with E-state index in [1.807, 2.05) is 0 Å². The van der Waals surface area contributed by atoms with Gasteiger partial charge in [-0.2, -0.15) is 0 Å². The first-order chi connectivity index (χ1) is 9.65. The summed E-state index contributed by atoms with van der Waals surface area (Å²) in [5.74, 6) is -0.561. The van der Waals surface area contributed by atoms with E-state index in [4.69, 9.17) is 10.2 Å². The van der Waals surface area contributed by atoms with Crippen molar-refractivity contribution < 1.29 is 19.8 Å². The topological polar surface area (TPSA) is 87.5 Å². The van der Waals surface area contributed by atoms with Gasteiger partial charge in [0, 0.05) is 22.3 Å². The molecule has 2 aliphatic rings. The number of aliphatic hydroxyl groups is 2. The molecule has 0 saturated carbocycles. The number of aromatic nitrogens is 1. The number of nitrogens with zero attached hydrogens (tertiary/aromatic N) is 1. The van der Waals surface area contributed by atoms with Gasteiger partial charge in [0.1, 0.15) is 0 Å². The summed E-state index contributed by atoms with van der Waals surface area (Å²) in [7, 11) is 0. The SMILES string of the molecule is O=C1/C(=C\O)CCc2nc3c(cc21)C(=O)/C(=C\O)CC3. The summed E-state index contributed by atoms with van der Waals surface area (Å²) in [6, 6.07) is 1.55. The van der Waals surface area contributed by atoms with Gasteiger partial charge >= 0.3 is 0 Å². The van der Waals surface area contributed by atoms with Crippen molar-refractivity contribution in [2.75, 3.05) is 0 Å². The van der Waals surface area contributed by atoms with Crippen LogP contribution in [0.1, 0.15) is 44.9 Å². The van der Waals surface area contributed by atoms with Crippen molar-refractivity contribution in [3.63, 3.8) is 0 Å². The van der Waals surface area contributed by atoms with Gasteiger partial charge in [-0.15, -0.1) is 0 Å². The van der Waals surface area contributed by atoms with Crippen LogP contribution in [0.5, 0.6) is 0 Å². The lowest BCUT2D eigenvalue weighted by Gasteiger charge is -2.21. The van der Waals surface area contributed by atoms with Gasteiger partial charge < -0.3 is 10.2 Å². The molecule has 102 valence electrons. The van der Waals surface area contributed by atoms with E-state index in [0.717, 1.165) is 12.5 Å². The van der Waals surface area contributed by atoms with E-state index in [9.17, 15) is 9.59 Å². The standard InChI is InChI=1S/C15H13NO4/c17-6-8-1-3-12-10(14(8)19)5-11-13(16-12)4-2-9(7-18)15(11)20/h5-7,17-18H,1-4H2/b8-6-,9-7-. The van der Waals surface area contributed by atoms with Gasteiger partial charge in [-0.3, -0.25) is 14.6 Å². The molecular formula is C15H13NO4. The number of pyridine rings is 1. The van der Waals surface area contributed by atoms with E-state index in [2.05, 4.69) is 4.98 Å². The van der Waals surface area contributed by atoms with E-state index in [1.54, 1.807) is 6.07 Å². The molecule has 0 saturated heterocycles. The van der Waals surface area contributed by atoms with Crippen molar-refractivity contribution in [3.05, 3.63) is 52.3 Å². The summed E-state index contributed by atoms with van der Waals surface area (Å²) in [6.07, 6.45) is 3.74. The normalized spacial score (nSPS) is 22.0. The molecule has 1 aromatic rings. The van der Waals surface area contributed by atoms with Crippen LogP contribution in [-0.2, 0) is 12.8 Å². The van der Waals surface area contributed by atoms with Crippen molar-refractivity contribution >= 4 is 11.6 Å². The summed E-state index contributed by atoms with van der Waals surface area (Å²) in [5.41, 5.74) is 2.79. The van der Waals surface area contributed by atoms with Crippen molar-refractivity contribution in [3.8, 4) is 0 Å². The highest BCUT2D eigenvalue weighted by Crippen LogP contribution is 2.30. The van der Waals surface area contributed by atoms with Crippen LogP contribution in [0.3, 0.4) is 0 Å². The minimum Gasteiger partial charge on any atom is -0.515 e. The zero-order valence-corrected chi connectivity index (χ0v) is 10.7. The Balaban J connectivity index is 2.15. The Morgan fingerprint density at radius 1 is 0.850 bits per heavy atom. The molecule has 2 N–H and O–H groups in total. The summed E-state index contributed by atoms with van der Waals surface area (Å²) < 4.78 is 0.